The number of rotatable bonds is 4. The fourth-order valence-electron chi connectivity index (χ4n) is 3.86. The molecule has 1 unspecified atom stereocenters. The molecule has 4 nitrogen and oxygen atoms in total. The first-order chi connectivity index (χ1) is 12.7. The van der Waals surface area contributed by atoms with E-state index in [4.69, 9.17) is 0 Å². The molecule has 1 aromatic heterocycles. The third-order valence-electron chi connectivity index (χ3n) is 5.06. The van der Waals surface area contributed by atoms with Crippen LogP contribution in [-0.2, 0) is 18.3 Å². The number of hydrogen-bond donors (Lipinski definition) is 1. The highest BCUT2D eigenvalue weighted by Crippen LogP contribution is 2.31. The van der Waals surface area contributed by atoms with Crippen molar-refractivity contribution >= 4 is 5.91 Å². The number of amides is 1. The average Bonchev–Trinajstić information content (AvgIpc) is 3.05. The van der Waals surface area contributed by atoms with E-state index in [1.807, 2.05) is 78.6 Å². The van der Waals surface area contributed by atoms with Gasteiger partial charge in [0, 0.05) is 18.8 Å². The van der Waals surface area contributed by atoms with Crippen molar-refractivity contribution in [2.45, 2.75) is 31.2 Å². The van der Waals surface area contributed by atoms with Crippen molar-refractivity contribution in [3.63, 3.8) is 0 Å². The van der Waals surface area contributed by atoms with Crippen LogP contribution in [0.1, 0.15) is 47.2 Å². The van der Waals surface area contributed by atoms with Gasteiger partial charge in [-0.3, -0.25) is 9.48 Å². The fourth-order valence-corrected chi connectivity index (χ4v) is 3.86. The Balaban J connectivity index is 1.64. The van der Waals surface area contributed by atoms with E-state index >= 15 is 0 Å². The number of carbonyl (C=O) groups is 1. The molecule has 0 spiro atoms. The Bertz CT molecular complexity index is 847. The third kappa shape index (κ3) is 3.27. The molecule has 1 N–H and O–H groups in total. The predicted molar refractivity (Wildman–Crippen MR) is 102 cm³/mol. The van der Waals surface area contributed by atoms with Gasteiger partial charge in [-0.2, -0.15) is 5.10 Å². The van der Waals surface area contributed by atoms with Crippen LogP contribution < -0.4 is 5.32 Å². The van der Waals surface area contributed by atoms with E-state index in [-0.39, 0.29) is 17.9 Å². The van der Waals surface area contributed by atoms with Gasteiger partial charge in [-0.05, 0) is 30.4 Å². The molecule has 0 saturated heterocycles. The van der Waals surface area contributed by atoms with Gasteiger partial charge in [0.15, 0.2) is 0 Å². The van der Waals surface area contributed by atoms with Gasteiger partial charge in [-0.1, -0.05) is 60.7 Å². The van der Waals surface area contributed by atoms with Gasteiger partial charge >= 0.3 is 0 Å². The van der Waals surface area contributed by atoms with Crippen LogP contribution in [0.2, 0.25) is 0 Å². The Morgan fingerprint density at radius 3 is 2.31 bits per heavy atom. The van der Waals surface area contributed by atoms with E-state index in [1.165, 1.54) is 0 Å². The minimum absolute atomic E-state index is 0.0369. The molecule has 4 rings (SSSR count). The van der Waals surface area contributed by atoms with Crippen molar-refractivity contribution in [3.8, 4) is 0 Å². The molecule has 0 bridgehead atoms. The van der Waals surface area contributed by atoms with Crippen LogP contribution in [0.3, 0.4) is 0 Å². The predicted octanol–water partition coefficient (Wildman–Crippen LogP) is 3.75. The number of nitrogens with one attached hydrogen (secondary N) is 1. The molecule has 1 heterocycles. The molecule has 1 atom stereocenters. The zero-order valence-corrected chi connectivity index (χ0v) is 14.9. The molecule has 2 aromatic carbocycles. The molecule has 0 saturated carbocycles. The molecular weight excluding hydrogens is 322 g/mol. The van der Waals surface area contributed by atoms with E-state index in [0.717, 1.165) is 41.6 Å². The zero-order chi connectivity index (χ0) is 17.9. The number of hydrogen-bond acceptors (Lipinski definition) is 2. The topological polar surface area (TPSA) is 46.9 Å². The average molecular weight is 345 g/mol. The number of nitrogens with zero attached hydrogens (tertiary/aromatic N) is 2. The number of carbonyl (C=O) groups excluding carboxylic acids is 1. The van der Waals surface area contributed by atoms with Crippen LogP contribution >= 0.6 is 0 Å². The van der Waals surface area contributed by atoms with E-state index in [1.54, 1.807) is 0 Å². The first kappa shape index (κ1) is 16.6. The van der Waals surface area contributed by atoms with Gasteiger partial charge in [0.1, 0.15) is 0 Å². The maximum atomic E-state index is 13.3. The summed E-state index contributed by atoms with van der Waals surface area (Å²) in [7, 11) is 1.94. The summed E-state index contributed by atoms with van der Waals surface area (Å²) in [6.07, 6.45) is 5.04. The van der Waals surface area contributed by atoms with E-state index in [0.29, 0.717) is 0 Å². The fraction of sp³-hybridized carbons (Fsp3) is 0.273. The van der Waals surface area contributed by atoms with Crippen LogP contribution in [0.5, 0.6) is 0 Å². The lowest BCUT2D eigenvalue weighted by Crippen LogP contribution is -2.34. The van der Waals surface area contributed by atoms with Crippen LogP contribution in [0.15, 0.2) is 66.9 Å². The van der Waals surface area contributed by atoms with Crippen LogP contribution in [0.4, 0.5) is 0 Å². The second-order valence-electron chi connectivity index (χ2n) is 6.91. The molecular formula is C22H23N3O. The minimum atomic E-state index is -0.306. The highest BCUT2D eigenvalue weighted by molar-refractivity contribution is 5.87. The quantitative estimate of drug-likeness (QED) is 0.783. The van der Waals surface area contributed by atoms with Crippen LogP contribution in [0.25, 0.3) is 0 Å². The Kier molecular flexibility index (Phi) is 4.57. The van der Waals surface area contributed by atoms with Crippen LogP contribution in [-0.4, -0.2) is 15.7 Å². The summed E-state index contributed by atoms with van der Waals surface area (Å²) in [5.41, 5.74) is 4.30. The van der Waals surface area contributed by atoms with E-state index in [2.05, 4.69) is 10.4 Å². The SMILES string of the molecule is Cn1cc2c(n1)CCCC2NC(=O)C(c1ccccc1)c1ccccc1. The van der Waals surface area contributed by atoms with Crippen LogP contribution in [0, 0.1) is 0 Å². The second kappa shape index (κ2) is 7.16. The molecule has 0 radical (unpaired) electrons. The molecule has 26 heavy (non-hydrogen) atoms. The number of aryl methyl sites for hydroxylation is 2. The third-order valence-corrected chi connectivity index (χ3v) is 5.06. The lowest BCUT2D eigenvalue weighted by Gasteiger charge is -2.26. The number of fused-ring (bicyclic) bond motifs is 1. The molecule has 0 aliphatic heterocycles. The zero-order valence-electron chi connectivity index (χ0n) is 14.9. The largest absolute Gasteiger partial charge is 0.348 e. The maximum Gasteiger partial charge on any atom is 0.232 e. The minimum Gasteiger partial charge on any atom is -0.348 e. The van der Waals surface area contributed by atoms with Gasteiger partial charge in [0.25, 0.3) is 0 Å². The summed E-state index contributed by atoms with van der Waals surface area (Å²) in [4.78, 5) is 13.3. The van der Waals surface area contributed by atoms with Crippen molar-refractivity contribution in [1.82, 2.24) is 15.1 Å². The number of benzene rings is 2. The van der Waals surface area contributed by atoms with Gasteiger partial charge < -0.3 is 5.32 Å². The molecule has 1 amide bonds. The second-order valence-corrected chi connectivity index (χ2v) is 6.91. The molecule has 0 fully saturated rings. The molecule has 4 heteroatoms. The lowest BCUT2D eigenvalue weighted by molar-refractivity contribution is -0.122. The summed E-state index contributed by atoms with van der Waals surface area (Å²) < 4.78 is 1.85. The number of aromatic nitrogens is 2. The standard InChI is InChI=1S/C22H23N3O/c1-25-15-18-19(13-8-14-20(18)24-25)23-22(26)21(16-9-4-2-5-10-16)17-11-6-3-7-12-17/h2-7,9-12,15,19,21H,8,13-14H2,1H3,(H,23,26). The van der Waals surface area contributed by atoms with Gasteiger partial charge in [0.2, 0.25) is 5.91 Å². The Morgan fingerprint density at radius 2 is 1.69 bits per heavy atom. The normalized spacial score (nSPS) is 16.3. The van der Waals surface area contributed by atoms with Gasteiger partial charge in [-0.15, -0.1) is 0 Å². The Hall–Kier alpha value is -2.88. The molecule has 3 aromatic rings. The van der Waals surface area contributed by atoms with Crippen molar-refractivity contribution in [2.75, 3.05) is 0 Å². The van der Waals surface area contributed by atoms with Crippen molar-refractivity contribution < 1.29 is 4.79 Å². The summed E-state index contributed by atoms with van der Waals surface area (Å²) >= 11 is 0. The first-order valence-corrected chi connectivity index (χ1v) is 9.15. The van der Waals surface area contributed by atoms with E-state index < -0.39 is 0 Å². The van der Waals surface area contributed by atoms with Crippen molar-refractivity contribution in [3.05, 3.63) is 89.2 Å². The Labute approximate surface area is 153 Å². The van der Waals surface area contributed by atoms with Crippen molar-refractivity contribution in [2.24, 2.45) is 7.05 Å². The Morgan fingerprint density at radius 1 is 1.08 bits per heavy atom. The molecule has 132 valence electrons. The van der Waals surface area contributed by atoms with Crippen molar-refractivity contribution in [1.29, 1.82) is 0 Å². The monoisotopic (exact) mass is 345 g/mol. The lowest BCUT2D eigenvalue weighted by atomic mass is 9.88. The summed E-state index contributed by atoms with van der Waals surface area (Å²) in [5, 5.41) is 7.83. The highest BCUT2D eigenvalue weighted by atomic mass is 16.1. The molecule has 1 aliphatic carbocycles. The van der Waals surface area contributed by atoms with Gasteiger partial charge in [-0.25, -0.2) is 0 Å². The van der Waals surface area contributed by atoms with E-state index in [9.17, 15) is 4.79 Å². The first-order valence-electron chi connectivity index (χ1n) is 9.15. The highest BCUT2D eigenvalue weighted by Gasteiger charge is 2.29. The van der Waals surface area contributed by atoms with Gasteiger partial charge in [0.05, 0.1) is 17.7 Å². The summed E-state index contributed by atoms with van der Waals surface area (Å²) in [6, 6.07) is 20.0. The molecule has 1 aliphatic rings. The maximum absolute atomic E-state index is 13.3. The summed E-state index contributed by atoms with van der Waals surface area (Å²) in [6.45, 7) is 0. The smallest absolute Gasteiger partial charge is 0.232 e. The summed E-state index contributed by atoms with van der Waals surface area (Å²) in [5.74, 6) is -0.261.